The van der Waals surface area contributed by atoms with Crippen LogP contribution in [0.2, 0.25) is 0 Å². The first-order valence-corrected chi connectivity index (χ1v) is 7.20. The van der Waals surface area contributed by atoms with E-state index in [1.54, 1.807) is 11.1 Å². The predicted molar refractivity (Wildman–Crippen MR) is 73.8 cm³/mol. The number of hydrogen-bond acceptors (Lipinski definition) is 2. The molecule has 1 aliphatic carbocycles. The van der Waals surface area contributed by atoms with Gasteiger partial charge in [0.2, 0.25) is 0 Å². The van der Waals surface area contributed by atoms with Gasteiger partial charge in [0, 0.05) is 5.41 Å². The quantitative estimate of drug-likeness (QED) is 0.884. The first-order chi connectivity index (χ1) is 8.80. The third-order valence-corrected chi connectivity index (χ3v) is 4.95. The molecule has 1 aromatic carbocycles. The van der Waals surface area contributed by atoms with Gasteiger partial charge in [0.1, 0.15) is 0 Å². The summed E-state index contributed by atoms with van der Waals surface area (Å²) in [5, 5.41) is 0. The van der Waals surface area contributed by atoms with Crippen LogP contribution in [0.4, 0.5) is 0 Å². The molecule has 1 atom stereocenters. The lowest BCUT2D eigenvalue weighted by Gasteiger charge is -2.47. The maximum atomic E-state index is 5.97. The van der Waals surface area contributed by atoms with Crippen LogP contribution < -0.4 is 5.73 Å². The monoisotopic (exact) mass is 245 g/mol. The third-order valence-electron chi connectivity index (χ3n) is 4.95. The van der Waals surface area contributed by atoms with Crippen molar-refractivity contribution in [3.63, 3.8) is 0 Å². The molecule has 1 heterocycles. The highest BCUT2D eigenvalue weighted by Gasteiger charge is 2.45. The highest BCUT2D eigenvalue weighted by atomic mass is 16.5. The summed E-state index contributed by atoms with van der Waals surface area (Å²) in [6, 6.07) is 7.09. The fourth-order valence-corrected chi connectivity index (χ4v) is 3.62. The zero-order chi connectivity index (χ0) is 12.6. The van der Waals surface area contributed by atoms with Gasteiger partial charge in [-0.15, -0.1) is 0 Å². The summed E-state index contributed by atoms with van der Waals surface area (Å²) in [5.41, 5.74) is 10.7. The third kappa shape index (κ3) is 1.70. The van der Waals surface area contributed by atoms with E-state index in [9.17, 15) is 0 Å². The van der Waals surface area contributed by atoms with E-state index in [0.29, 0.717) is 5.92 Å². The molecule has 0 spiro atoms. The molecule has 1 fully saturated rings. The average molecular weight is 245 g/mol. The molecule has 2 nitrogen and oxygen atoms in total. The smallest absolute Gasteiger partial charge is 0.0588 e. The fourth-order valence-electron chi connectivity index (χ4n) is 3.62. The predicted octanol–water partition coefficient (Wildman–Crippen LogP) is 2.43. The molecule has 0 amide bonds. The Hall–Kier alpha value is -0.860. The van der Waals surface area contributed by atoms with Crippen molar-refractivity contribution in [1.82, 2.24) is 0 Å². The molecule has 98 valence electrons. The summed E-state index contributed by atoms with van der Waals surface area (Å²) in [4.78, 5) is 0. The van der Waals surface area contributed by atoms with Gasteiger partial charge in [-0.25, -0.2) is 0 Å². The normalized spacial score (nSPS) is 22.3. The van der Waals surface area contributed by atoms with Gasteiger partial charge in [-0.2, -0.15) is 0 Å². The Kier molecular flexibility index (Phi) is 3.16. The maximum absolute atomic E-state index is 5.97. The highest BCUT2D eigenvalue weighted by Crippen LogP contribution is 2.42. The van der Waals surface area contributed by atoms with Gasteiger partial charge in [-0.3, -0.25) is 0 Å². The van der Waals surface area contributed by atoms with Gasteiger partial charge in [-0.05, 0) is 48.4 Å². The van der Waals surface area contributed by atoms with Crippen molar-refractivity contribution >= 4 is 0 Å². The van der Waals surface area contributed by atoms with Gasteiger partial charge in [0.05, 0.1) is 13.2 Å². The average Bonchev–Trinajstić information content (AvgIpc) is 2.80. The Balaban J connectivity index is 1.96. The van der Waals surface area contributed by atoms with E-state index < -0.39 is 0 Å². The summed E-state index contributed by atoms with van der Waals surface area (Å²) in [6.07, 6.45) is 4.96. The Morgan fingerprint density at radius 1 is 1.28 bits per heavy atom. The summed E-state index contributed by atoms with van der Waals surface area (Å²) in [5.74, 6) is 0.547. The van der Waals surface area contributed by atoms with Crippen molar-refractivity contribution in [3.05, 3.63) is 34.9 Å². The van der Waals surface area contributed by atoms with Crippen LogP contribution in [0.5, 0.6) is 0 Å². The number of hydrogen-bond donors (Lipinski definition) is 1. The van der Waals surface area contributed by atoms with Crippen molar-refractivity contribution < 1.29 is 4.74 Å². The minimum absolute atomic E-state index is 0.196. The lowest BCUT2D eigenvalue weighted by atomic mass is 9.67. The molecular weight excluding hydrogens is 222 g/mol. The van der Waals surface area contributed by atoms with Crippen LogP contribution in [0.25, 0.3) is 0 Å². The van der Waals surface area contributed by atoms with Crippen molar-refractivity contribution in [2.75, 3.05) is 19.8 Å². The van der Waals surface area contributed by atoms with Crippen LogP contribution in [0, 0.1) is 5.92 Å². The van der Waals surface area contributed by atoms with Crippen LogP contribution in [-0.2, 0) is 23.0 Å². The van der Waals surface area contributed by atoms with E-state index in [0.717, 1.165) is 26.2 Å². The molecule has 0 aromatic heterocycles. The highest BCUT2D eigenvalue weighted by molar-refractivity contribution is 5.40. The largest absolute Gasteiger partial charge is 0.379 e. The molecule has 2 aliphatic rings. The van der Waals surface area contributed by atoms with Crippen LogP contribution in [-0.4, -0.2) is 19.8 Å². The molecule has 1 saturated heterocycles. The first kappa shape index (κ1) is 12.2. The number of ether oxygens (including phenoxy) is 1. The summed E-state index contributed by atoms with van der Waals surface area (Å²) < 4.78 is 5.54. The second-order valence-electron chi connectivity index (χ2n) is 5.83. The van der Waals surface area contributed by atoms with E-state index in [-0.39, 0.29) is 5.41 Å². The van der Waals surface area contributed by atoms with Crippen LogP contribution >= 0.6 is 0 Å². The van der Waals surface area contributed by atoms with Crippen LogP contribution in [0.3, 0.4) is 0 Å². The van der Waals surface area contributed by atoms with E-state index in [1.165, 1.54) is 24.8 Å². The molecule has 2 heteroatoms. The molecule has 1 unspecified atom stereocenters. The molecular formula is C16H23NO. The zero-order valence-corrected chi connectivity index (χ0v) is 11.2. The second-order valence-corrected chi connectivity index (χ2v) is 5.83. The number of fused-ring (bicyclic) bond motifs is 1. The summed E-state index contributed by atoms with van der Waals surface area (Å²) in [6.45, 7) is 4.70. The Labute approximate surface area is 110 Å². The van der Waals surface area contributed by atoms with Gasteiger partial charge in [-0.1, -0.05) is 31.5 Å². The first-order valence-electron chi connectivity index (χ1n) is 7.20. The Bertz CT molecular complexity index is 433. The lowest BCUT2D eigenvalue weighted by Crippen LogP contribution is -2.54. The molecule has 1 aliphatic heterocycles. The fraction of sp³-hybridized carbons (Fsp3) is 0.625. The topological polar surface area (TPSA) is 35.2 Å². The van der Waals surface area contributed by atoms with E-state index in [4.69, 9.17) is 10.5 Å². The van der Waals surface area contributed by atoms with Gasteiger partial charge in [0.15, 0.2) is 0 Å². The van der Waals surface area contributed by atoms with Gasteiger partial charge < -0.3 is 10.5 Å². The minimum Gasteiger partial charge on any atom is -0.379 e. The van der Waals surface area contributed by atoms with Crippen molar-refractivity contribution in [2.24, 2.45) is 11.7 Å². The molecule has 3 rings (SSSR count). The molecule has 0 saturated carbocycles. The van der Waals surface area contributed by atoms with Crippen molar-refractivity contribution in [3.8, 4) is 0 Å². The van der Waals surface area contributed by atoms with Crippen molar-refractivity contribution in [1.29, 1.82) is 0 Å². The maximum Gasteiger partial charge on any atom is 0.0588 e. The summed E-state index contributed by atoms with van der Waals surface area (Å²) in [7, 11) is 0. The Morgan fingerprint density at radius 2 is 2.06 bits per heavy atom. The van der Waals surface area contributed by atoms with Crippen molar-refractivity contribution in [2.45, 2.75) is 38.0 Å². The van der Waals surface area contributed by atoms with E-state index >= 15 is 0 Å². The number of rotatable bonds is 4. The standard InChI is InChI=1S/C16H23NO/c1-2-14(9-17)16(10-18-11-16)15-7-6-12-4-3-5-13(12)8-15/h6-8,14H,2-5,9-11,17H2,1H3. The number of aryl methyl sites for hydroxylation is 2. The molecule has 0 bridgehead atoms. The minimum atomic E-state index is 0.196. The van der Waals surface area contributed by atoms with E-state index in [2.05, 4.69) is 25.1 Å². The molecule has 18 heavy (non-hydrogen) atoms. The zero-order valence-electron chi connectivity index (χ0n) is 11.2. The SMILES string of the molecule is CCC(CN)C1(c2ccc3c(c2)CCC3)COC1. The molecule has 2 N–H and O–H groups in total. The number of benzene rings is 1. The van der Waals surface area contributed by atoms with Gasteiger partial charge in [0.25, 0.3) is 0 Å². The van der Waals surface area contributed by atoms with E-state index in [1.807, 2.05) is 0 Å². The molecule has 1 aromatic rings. The summed E-state index contributed by atoms with van der Waals surface area (Å²) >= 11 is 0. The lowest BCUT2D eigenvalue weighted by molar-refractivity contribution is -0.0898. The second kappa shape index (κ2) is 4.67. The van der Waals surface area contributed by atoms with Crippen LogP contribution in [0.1, 0.15) is 36.5 Å². The number of nitrogens with two attached hydrogens (primary N) is 1. The Morgan fingerprint density at radius 3 is 2.67 bits per heavy atom. The molecule has 0 radical (unpaired) electrons. The van der Waals surface area contributed by atoms with Gasteiger partial charge >= 0.3 is 0 Å². The van der Waals surface area contributed by atoms with Crippen LogP contribution in [0.15, 0.2) is 18.2 Å².